The average molecular weight is 322 g/mol. The maximum Gasteiger partial charge on any atom is 0.306 e. The molecule has 0 fully saturated rings. The van der Waals surface area contributed by atoms with Gasteiger partial charge >= 0.3 is 16.1 Å². The minimum absolute atomic E-state index is 0.215. The molecule has 0 aromatic heterocycles. The SMILES string of the molecule is CCCCCCCCCCCCCC(=O)OCS(=O)(=O)O. The third-order valence-corrected chi connectivity index (χ3v) is 3.77. The molecule has 0 radical (unpaired) electrons. The predicted molar refractivity (Wildman–Crippen MR) is 83.6 cm³/mol. The van der Waals surface area contributed by atoms with Crippen molar-refractivity contribution in [2.75, 3.05) is 5.94 Å². The van der Waals surface area contributed by atoms with Crippen molar-refractivity contribution >= 4 is 16.1 Å². The van der Waals surface area contributed by atoms with Crippen molar-refractivity contribution in [2.45, 2.75) is 84.0 Å². The largest absolute Gasteiger partial charge is 0.447 e. The van der Waals surface area contributed by atoms with Crippen molar-refractivity contribution < 1.29 is 22.5 Å². The van der Waals surface area contributed by atoms with E-state index in [1.54, 1.807) is 0 Å². The number of carbonyl (C=O) groups excluding carboxylic acids is 1. The fourth-order valence-electron chi connectivity index (χ4n) is 2.15. The van der Waals surface area contributed by atoms with Gasteiger partial charge in [0.05, 0.1) is 0 Å². The van der Waals surface area contributed by atoms with Gasteiger partial charge < -0.3 is 4.74 Å². The molecule has 0 unspecified atom stereocenters. The van der Waals surface area contributed by atoms with Crippen molar-refractivity contribution in [3.05, 3.63) is 0 Å². The van der Waals surface area contributed by atoms with Crippen LogP contribution in [-0.2, 0) is 19.6 Å². The molecule has 0 atom stereocenters. The monoisotopic (exact) mass is 322 g/mol. The Kier molecular flexibility index (Phi) is 12.7. The second-order valence-corrected chi connectivity index (χ2v) is 6.90. The summed E-state index contributed by atoms with van der Waals surface area (Å²) in [5, 5.41) is 0. The summed E-state index contributed by atoms with van der Waals surface area (Å²) in [7, 11) is -4.22. The van der Waals surface area contributed by atoms with Crippen LogP contribution in [0.1, 0.15) is 84.0 Å². The van der Waals surface area contributed by atoms with Crippen molar-refractivity contribution in [2.24, 2.45) is 0 Å². The Morgan fingerprint density at radius 2 is 1.29 bits per heavy atom. The Bertz CT molecular complexity index is 351. The van der Waals surface area contributed by atoms with Gasteiger partial charge in [-0.3, -0.25) is 9.35 Å². The first kappa shape index (κ1) is 20.4. The maximum atomic E-state index is 11.2. The van der Waals surface area contributed by atoms with Gasteiger partial charge in [0.1, 0.15) is 0 Å². The molecule has 0 saturated heterocycles. The molecule has 6 heteroatoms. The average Bonchev–Trinajstić information content (AvgIpc) is 2.42. The van der Waals surface area contributed by atoms with Crippen LogP contribution in [0, 0.1) is 0 Å². The van der Waals surface area contributed by atoms with Crippen molar-refractivity contribution in [3.63, 3.8) is 0 Å². The van der Waals surface area contributed by atoms with Gasteiger partial charge in [0.25, 0.3) is 0 Å². The highest BCUT2D eigenvalue weighted by Gasteiger charge is 2.09. The van der Waals surface area contributed by atoms with Gasteiger partial charge in [0.15, 0.2) is 0 Å². The van der Waals surface area contributed by atoms with E-state index in [0.29, 0.717) is 6.42 Å². The van der Waals surface area contributed by atoms with Crippen LogP contribution in [0.15, 0.2) is 0 Å². The van der Waals surface area contributed by atoms with E-state index >= 15 is 0 Å². The van der Waals surface area contributed by atoms with Crippen LogP contribution in [0.4, 0.5) is 0 Å². The third kappa shape index (κ3) is 17.3. The molecule has 0 saturated carbocycles. The summed E-state index contributed by atoms with van der Waals surface area (Å²) in [4.78, 5) is 11.2. The molecule has 0 aromatic rings. The fraction of sp³-hybridized carbons (Fsp3) is 0.933. The van der Waals surface area contributed by atoms with Crippen LogP contribution in [0.25, 0.3) is 0 Å². The van der Waals surface area contributed by atoms with E-state index in [2.05, 4.69) is 11.7 Å². The van der Waals surface area contributed by atoms with E-state index in [9.17, 15) is 13.2 Å². The summed E-state index contributed by atoms with van der Waals surface area (Å²) < 4.78 is 33.6. The summed E-state index contributed by atoms with van der Waals surface area (Å²) in [5.74, 6) is -1.51. The molecule has 0 heterocycles. The standard InChI is InChI=1S/C15H30O5S/c1-2-3-4-5-6-7-8-9-10-11-12-13-15(16)20-14-21(17,18)19/h2-14H2,1H3,(H,17,18,19). The minimum atomic E-state index is -4.22. The van der Waals surface area contributed by atoms with Crippen LogP contribution in [0.2, 0.25) is 0 Å². The summed E-state index contributed by atoms with van der Waals surface area (Å²) in [6.45, 7) is 2.22. The fourth-order valence-corrected chi connectivity index (χ4v) is 2.43. The first-order valence-electron chi connectivity index (χ1n) is 8.06. The van der Waals surface area contributed by atoms with Crippen molar-refractivity contribution in [1.82, 2.24) is 0 Å². The van der Waals surface area contributed by atoms with E-state index in [-0.39, 0.29) is 6.42 Å². The molecule has 5 nitrogen and oxygen atoms in total. The Hall–Kier alpha value is -0.620. The minimum Gasteiger partial charge on any atom is -0.447 e. The molecule has 0 bridgehead atoms. The number of hydrogen-bond donors (Lipinski definition) is 1. The molecule has 0 aliphatic carbocycles. The second-order valence-electron chi connectivity index (χ2n) is 5.50. The molecule has 126 valence electrons. The maximum absolute atomic E-state index is 11.2. The summed E-state index contributed by atoms with van der Waals surface area (Å²) in [6.07, 6.45) is 13.3. The van der Waals surface area contributed by atoms with Gasteiger partial charge in [0.2, 0.25) is 5.94 Å². The number of carbonyl (C=O) groups is 1. The van der Waals surface area contributed by atoms with Gasteiger partial charge in [-0.05, 0) is 6.42 Å². The lowest BCUT2D eigenvalue weighted by Gasteiger charge is -2.03. The normalized spacial score (nSPS) is 11.5. The van der Waals surface area contributed by atoms with Crippen LogP contribution in [-0.4, -0.2) is 24.9 Å². The quantitative estimate of drug-likeness (QED) is 0.296. The highest BCUT2D eigenvalue weighted by atomic mass is 32.2. The Labute approximate surface area is 129 Å². The van der Waals surface area contributed by atoms with Gasteiger partial charge in [-0.2, -0.15) is 8.42 Å². The number of esters is 1. The summed E-state index contributed by atoms with van der Waals surface area (Å²) in [6, 6.07) is 0. The highest BCUT2D eigenvalue weighted by Crippen LogP contribution is 2.12. The van der Waals surface area contributed by atoms with Crippen molar-refractivity contribution in [1.29, 1.82) is 0 Å². The molecular weight excluding hydrogens is 292 g/mol. The Morgan fingerprint density at radius 1 is 0.857 bits per heavy atom. The number of unbranched alkanes of at least 4 members (excludes halogenated alkanes) is 10. The third-order valence-electron chi connectivity index (χ3n) is 3.35. The lowest BCUT2D eigenvalue weighted by atomic mass is 10.1. The first-order chi connectivity index (χ1) is 9.95. The van der Waals surface area contributed by atoms with Gasteiger partial charge in [0, 0.05) is 6.42 Å². The molecule has 21 heavy (non-hydrogen) atoms. The zero-order valence-electron chi connectivity index (χ0n) is 13.2. The molecule has 1 N–H and O–H groups in total. The molecule has 0 rings (SSSR count). The van der Waals surface area contributed by atoms with Gasteiger partial charge in [-0.25, -0.2) is 0 Å². The number of ether oxygens (including phenoxy) is 1. The highest BCUT2D eigenvalue weighted by molar-refractivity contribution is 7.85. The van der Waals surface area contributed by atoms with Crippen LogP contribution >= 0.6 is 0 Å². The molecule has 0 amide bonds. The van der Waals surface area contributed by atoms with Crippen LogP contribution in [0.5, 0.6) is 0 Å². The molecule has 0 aromatic carbocycles. The topological polar surface area (TPSA) is 80.7 Å². The number of rotatable bonds is 14. The first-order valence-corrected chi connectivity index (χ1v) is 9.67. The number of hydrogen-bond acceptors (Lipinski definition) is 4. The summed E-state index contributed by atoms with van der Waals surface area (Å²) >= 11 is 0. The molecule has 0 aliphatic heterocycles. The van der Waals surface area contributed by atoms with E-state index in [1.165, 1.54) is 51.4 Å². The van der Waals surface area contributed by atoms with E-state index in [0.717, 1.165) is 12.8 Å². The van der Waals surface area contributed by atoms with E-state index in [1.807, 2.05) is 0 Å². The van der Waals surface area contributed by atoms with E-state index < -0.39 is 22.0 Å². The van der Waals surface area contributed by atoms with E-state index in [4.69, 9.17) is 4.55 Å². The lowest BCUT2D eigenvalue weighted by molar-refractivity contribution is -0.141. The van der Waals surface area contributed by atoms with Crippen LogP contribution in [0.3, 0.4) is 0 Å². The lowest BCUT2D eigenvalue weighted by Crippen LogP contribution is -2.13. The predicted octanol–water partition coefficient (Wildman–Crippen LogP) is 4.08. The summed E-state index contributed by atoms with van der Waals surface area (Å²) in [5.41, 5.74) is 0. The van der Waals surface area contributed by atoms with Crippen molar-refractivity contribution in [3.8, 4) is 0 Å². The van der Waals surface area contributed by atoms with Crippen LogP contribution < -0.4 is 0 Å². The Morgan fingerprint density at radius 3 is 1.71 bits per heavy atom. The van der Waals surface area contributed by atoms with Gasteiger partial charge in [-0.15, -0.1) is 0 Å². The molecule has 0 spiro atoms. The molecule has 0 aliphatic rings. The van der Waals surface area contributed by atoms with Gasteiger partial charge in [-0.1, -0.05) is 71.1 Å². The second kappa shape index (κ2) is 13.1. The molecular formula is C15H30O5S. The smallest absolute Gasteiger partial charge is 0.306 e. The Balaban J connectivity index is 3.23. The zero-order valence-corrected chi connectivity index (χ0v) is 14.0. The zero-order chi connectivity index (χ0) is 16.0.